The number of likely N-dealkylation sites (tertiary alicyclic amines) is 1. The molecule has 0 amide bonds. The maximum Gasteiger partial charge on any atom is 0.414 e. The molecule has 0 bridgehead atoms. The van der Waals surface area contributed by atoms with E-state index in [2.05, 4.69) is 45.0 Å². The Labute approximate surface area is 187 Å². The SMILES string of the molecule is Fc1ccccc1N1CCN(C2CCN(Cc3ccccc3)CC2)CC1.O=C(O)C(=O)O. The van der Waals surface area contributed by atoms with Gasteiger partial charge in [0.15, 0.2) is 0 Å². The molecule has 172 valence electrons. The number of anilines is 1. The summed E-state index contributed by atoms with van der Waals surface area (Å²) >= 11 is 0. The minimum Gasteiger partial charge on any atom is -0.473 e. The van der Waals surface area contributed by atoms with Crippen molar-refractivity contribution in [3.8, 4) is 0 Å². The first-order chi connectivity index (χ1) is 15.4. The Morgan fingerprint density at radius 1 is 0.812 bits per heavy atom. The first kappa shape index (κ1) is 23.7. The van der Waals surface area contributed by atoms with Gasteiger partial charge in [-0.2, -0.15) is 0 Å². The number of carboxylic acid groups (broad SMARTS) is 2. The minimum absolute atomic E-state index is 0.102. The standard InChI is InChI=1S/C22H28FN3.C2H2O4/c23-21-8-4-5-9-22(21)26-16-14-25(15-17-26)20-10-12-24(13-11-20)18-19-6-2-1-3-7-19;3-1(4)2(5)6/h1-9,20H,10-18H2;(H,3,4)(H,5,6). The van der Waals surface area contributed by atoms with E-state index in [4.69, 9.17) is 19.8 Å². The van der Waals surface area contributed by atoms with Crippen LogP contribution in [0, 0.1) is 5.82 Å². The van der Waals surface area contributed by atoms with Gasteiger partial charge in [0.1, 0.15) is 5.82 Å². The molecule has 2 saturated heterocycles. The zero-order chi connectivity index (χ0) is 22.9. The summed E-state index contributed by atoms with van der Waals surface area (Å²) in [5, 5.41) is 14.8. The van der Waals surface area contributed by atoms with E-state index in [0.717, 1.165) is 38.4 Å². The highest BCUT2D eigenvalue weighted by Crippen LogP contribution is 2.23. The molecule has 32 heavy (non-hydrogen) atoms. The monoisotopic (exact) mass is 443 g/mol. The van der Waals surface area contributed by atoms with E-state index in [1.165, 1.54) is 31.5 Å². The van der Waals surface area contributed by atoms with Crippen molar-refractivity contribution in [1.82, 2.24) is 9.80 Å². The highest BCUT2D eigenvalue weighted by atomic mass is 19.1. The molecule has 2 N–H and O–H groups in total. The lowest BCUT2D eigenvalue weighted by Crippen LogP contribution is -2.53. The third kappa shape index (κ3) is 6.77. The predicted octanol–water partition coefficient (Wildman–Crippen LogP) is 2.77. The molecule has 2 aliphatic rings. The number of carbonyl (C=O) groups is 2. The van der Waals surface area contributed by atoms with Gasteiger partial charge in [-0.1, -0.05) is 42.5 Å². The third-order valence-corrected chi connectivity index (χ3v) is 6.01. The molecule has 8 heteroatoms. The van der Waals surface area contributed by atoms with Gasteiger partial charge in [0.2, 0.25) is 0 Å². The van der Waals surface area contributed by atoms with E-state index in [9.17, 15) is 4.39 Å². The first-order valence-electron chi connectivity index (χ1n) is 10.9. The largest absolute Gasteiger partial charge is 0.473 e. The molecule has 0 saturated carbocycles. The Hall–Kier alpha value is -2.97. The van der Waals surface area contributed by atoms with Crippen molar-refractivity contribution in [3.63, 3.8) is 0 Å². The maximum atomic E-state index is 14.0. The van der Waals surface area contributed by atoms with E-state index in [0.29, 0.717) is 6.04 Å². The Morgan fingerprint density at radius 2 is 1.38 bits per heavy atom. The molecule has 2 fully saturated rings. The van der Waals surface area contributed by atoms with Gasteiger partial charge in [-0.25, -0.2) is 14.0 Å². The normalized spacial score (nSPS) is 18.0. The molecular weight excluding hydrogens is 413 g/mol. The van der Waals surface area contributed by atoms with Crippen LogP contribution < -0.4 is 4.90 Å². The highest BCUT2D eigenvalue weighted by Gasteiger charge is 2.28. The molecule has 2 aromatic carbocycles. The highest BCUT2D eigenvalue weighted by molar-refractivity contribution is 6.27. The molecule has 2 aliphatic heterocycles. The Balaban J connectivity index is 0.000000427. The molecular formula is C24H30FN3O4. The number of piperazine rings is 1. The summed E-state index contributed by atoms with van der Waals surface area (Å²) < 4.78 is 14.0. The van der Waals surface area contributed by atoms with Crippen LogP contribution in [-0.2, 0) is 16.1 Å². The second-order valence-corrected chi connectivity index (χ2v) is 8.08. The average Bonchev–Trinajstić information content (AvgIpc) is 2.81. The zero-order valence-corrected chi connectivity index (χ0v) is 18.1. The fourth-order valence-corrected chi connectivity index (χ4v) is 4.32. The lowest BCUT2D eigenvalue weighted by Gasteiger charge is -2.43. The van der Waals surface area contributed by atoms with E-state index < -0.39 is 11.9 Å². The van der Waals surface area contributed by atoms with Crippen molar-refractivity contribution in [2.45, 2.75) is 25.4 Å². The van der Waals surface area contributed by atoms with Crippen molar-refractivity contribution in [3.05, 3.63) is 66.0 Å². The topological polar surface area (TPSA) is 84.3 Å². The third-order valence-electron chi connectivity index (χ3n) is 6.01. The van der Waals surface area contributed by atoms with Crippen molar-refractivity contribution in [1.29, 1.82) is 0 Å². The summed E-state index contributed by atoms with van der Waals surface area (Å²) in [5.74, 6) is -3.75. The van der Waals surface area contributed by atoms with Crippen LogP contribution in [0.15, 0.2) is 54.6 Å². The van der Waals surface area contributed by atoms with E-state index in [1.54, 1.807) is 12.1 Å². The van der Waals surface area contributed by atoms with Gasteiger partial charge in [-0.15, -0.1) is 0 Å². The van der Waals surface area contributed by atoms with Crippen LogP contribution in [0.1, 0.15) is 18.4 Å². The Kier molecular flexibility index (Phi) is 8.58. The van der Waals surface area contributed by atoms with Gasteiger partial charge in [-0.05, 0) is 43.6 Å². The van der Waals surface area contributed by atoms with Crippen LogP contribution in [0.5, 0.6) is 0 Å². The molecule has 0 aliphatic carbocycles. The number of carboxylic acids is 2. The van der Waals surface area contributed by atoms with Gasteiger partial charge in [-0.3, -0.25) is 9.80 Å². The smallest absolute Gasteiger partial charge is 0.414 e. The summed E-state index contributed by atoms with van der Waals surface area (Å²) in [4.78, 5) is 25.6. The van der Waals surface area contributed by atoms with E-state index in [-0.39, 0.29) is 5.82 Å². The van der Waals surface area contributed by atoms with Crippen LogP contribution in [0.3, 0.4) is 0 Å². The number of piperidine rings is 1. The lowest BCUT2D eigenvalue weighted by molar-refractivity contribution is -0.159. The molecule has 0 radical (unpaired) electrons. The predicted molar refractivity (Wildman–Crippen MR) is 120 cm³/mol. The summed E-state index contributed by atoms with van der Waals surface area (Å²) in [7, 11) is 0. The molecule has 0 atom stereocenters. The van der Waals surface area contributed by atoms with Crippen LogP contribution in [-0.4, -0.2) is 77.3 Å². The number of hydrogen-bond donors (Lipinski definition) is 2. The number of hydrogen-bond acceptors (Lipinski definition) is 5. The maximum absolute atomic E-state index is 14.0. The summed E-state index contributed by atoms with van der Waals surface area (Å²) in [5.41, 5.74) is 2.16. The van der Waals surface area contributed by atoms with Gasteiger partial charge in [0.05, 0.1) is 5.69 Å². The molecule has 2 aromatic rings. The van der Waals surface area contributed by atoms with E-state index in [1.807, 2.05) is 12.1 Å². The molecule has 4 rings (SSSR count). The summed E-state index contributed by atoms with van der Waals surface area (Å²) in [6, 6.07) is 18.6. The van der Waals surface area contributed by atoms with Crippen LogP contribution >= 0.6 is 0 Å². The van der Waals surface area contributed by atoms with E-state index >= 15 is 0 Å². The number of benzene rings is 2. The average molecular weight is 444 g/mol. The van der Waals surface area contributed by atoms with Gasteiger partial charge in [0, 0.05) is 38.8 Å². The molecule has 7 nitrogen and oxygen atoms in total. The van der Waals surface area contributed by atoms with Gasteiger partial charge < -0.3 is 15.1 Å². The number of rotatable bonds is 4. The van der Waals surface area contributed by atoms with Crippen molar-refractivity contribution in [2.24, 2.45) is 0 Å². The van der Waals surface area contributed by atoms with Gasteiger partial charge >= 0.3 is 11.9 Å². The van der Waals surface area contributed by atoms with Crippen molar-refractivity contribution in [2.75, 3.05) is 44.2 Å². The molecule has 0 aromatic heterocycles. The molecule has 0 unspecified atom stereocenters. The summed E-state index contributed by atoms with van der Waals surface area (Å²) in [6.45, 7) is 7.33. The fraction of sp³-hybridized carbons (Fsp3) is 0.417. The number of nitrogens with zero attached hydrogens (tertiary/aromatic N) is 3. The minimum atomic E-state index is -1.82. The van der Waals surface area contributed by atoms with Gasteiger partial charge in [0.25, 0.3) is 0 Å². The number of para-hydroxylation sites is 1. The van der Waals surface area contributed by atoms with Crippen molar-refractivity contribution >= 4 is 17.6 Å². The van der Waals surface area contributed by atoms with Crippen LogP contribution in [0.4, 0.5) is 10.1 Å². The fourth-order valence-electron chi connectivity index (χ4n) is 4.32. The Bertz CT molecular complexity index is 868. The summed E-state index contributed by atoms with van der Waals surface area (Å²) in [6.07, 6.45) is 2.49. The first-order valence-corrected chi connectivity index (χ1v) is 10.9. The van der Waals surface area contributed by atoms with Crippen LogP contribution in [0.25, 0.3) is 0 Å². The Morgan fingerprint density at radius 3 is 1.94 bits per heavy atom. The zero-order valence-electron chi connectivity index (χ0n) is 18.1. The quantitative estimate of drug-likeness (QED) is 0.703. The number of aliphatic carboxylic acids is 2. The van der Waals surface area contributed by atoms with Crippen LogP contribution in [0.2, 0.25) is 0 Å². The van der Waals surface area contributed by atoms with Crippen molar-refractivity contribution < 1.29 is 24.2 Å². The molecule has 2 heterocycles. The lowest BCUT2D eigenvalue weighted by atomic mass is 10.0. The molecule has 0 spiro atoms. The second kappa shape index (κ2) is 11.6. The second-order valence-electron chi connectivity index (χ2n) is 8.08. The number of halogens is 1.